The number of hydrogen-bond donors (Lipinski definition) is 1. The van der Waals surface area contributed by atoms with Crippen LogP contribution in [0.1, 0.15) is 5.56 Å². The first-order valence-electron chi connectivity index (χ1n) is 9.90. The maximum atomic E-state index is 12.4. The number of piperazine rings is 1. The van der Waals surface area contributed by atoms with Gasteiger partial charge in [-0.25, -0.2) is 0 Å². The molecule has 0 unspecified atom stereocenters. The second kappa shape index (κ2) is 9.21. The molecule has 1 saturated heterocycles. The first-order chi connectivity index (χ1) is 14.7. The summed E-state index contributed by atoms with van der Waals surface area (Å²) >= 11 is 0. The van der Waals surface area contributed by atoms with Gasteiger partial charge in [-0.2, -0.15) is 0 Å². The zero-order chi connectivity index (χ0) is 20.8. The molecule has 3 aromatic rings. The lowest BCUT2D eigenvalue weighted by Crippen LogP contribution is -2.50. The molecule has 1 fully saturated rings. The first-order valence-corrected chi connectivity index (χ1v) is 9.90. The third-order valence-corrected chi connectivity index (χ3v) is 4.94. The van der Waals surface area contributed by atoms with Crippen molar-refractivity contribution in [3.8, 4) is 5.75 Å². The molecule has 1 amide bonds. The predicted octanol–water partition coefficient (Wildman–Crippen LogP) is 2.65. The number of pyridine rings is 1. The fourth-order valence-corrected chi connectivity index (χ4v) is 3.20. The van der Waals surface area contributed by atoms with Crippen LogP contribution in [0.4, 0.5) is 17.3 Å². The van der Waals surface area contributed by atoms with E-state index in [0.717, 1.165) is 17.1 Å². The minimum Gasteiger partial charge on any atom is -0.484 e. The number of nitrogens with zero attached hydrogens (tertiary/aromatic N) is 5. The molecule has 1 N–H and O–H groups in total. The Kier molecular flexibility index (Phi) is 6.03. The Morgan fingerprint density at radius 3 is 2.37 bits per heavy atom. The molecule has 1 aliphatic heterocycles. The van der Waals surface area contributed by atoms with Crippen LogP contribution >= 0.6 is 0 Å². The molecule has 3 heterocycles. The highest BCUT2D eigenvalue weighted by Gasteiger charge is 2.22. The van der Waals surface area contributed by atoms with Crippen LogP contribution in [-0.2, 0) is 4.79 Å². The first kappa shape index (κ1) is 19.6. The second-order valence-electron chi connectivity index (χ2n) is 7.11. The van der Waals surface area contributed by atoms with Crippen molar-refractivity contribution >= 4 is 23.2 Å². The van der Waals surface area contributed by atoms with Crippen LogP contribution in [0.15, 0.2) is 60.9 Å². The molecular weight excluding hydrogens is 380 g/mol. The molecule has 8 heteroatoms. The van der Waals surface area contributed by atoms with Crippen LogP contribution in [0.5, 0.6) is 5.75 Å². The Hall–Kier alpha value is -3.68. The predicted molar refractivity (Wildman–Crippen MR) is 115 cm³/mol. The van der Waals surface area contributed by atoms with E-state index in [4.69, 9.17) is 4.74 Å². The lowest BCUT2D eigenvalue weighted by molar-refractivity contribution is -0.133. The highest BCUT2D eigenvalue weighted by Crippen LogP contribution is 2.17. The van der Waals surface area contributed by atoms with Gasteiger partial charge in [0.05, 0.1) is 0 Å². The summed E-state index contributed by atoms with van der Waals surface area (Å²) in [4.78, 5) is 20.4. The van der Waals surface area contributed by atoms with Gasteiger partial charge in [0.15, 0.2) is 18.2 Å². The Bertz CT molecular complexity index is 955. The van der Waals surface area contributed by atoms with E-state index < -0.39 is 0 Å². The summed E-state index contributed by atoms with van der Waals surface area (Å²) in [7, 11) is 0. The monoisotopic (exact) mass is 404 g/mol. The SMILES string of the molecule is Cc1ccc(OCC(=O)N2CCN(c3ccc(Nc4ccncc4)nn3)CC2)cc1. The van der Waals surface area contributed by atoms with E-state index in [1.54, 1.807) is 12.4 Å². The average molecular weight is 404 g/mol. The van der Waals surface area contributed by atoms with Gasteiger partial charge < -0.3 is 19.9 Å². The third kappa shape index (κ3) is 5.02. The fraction of sp³-hybridized carbons (Fsp3) is 0.273. The van der Waals surface area contributed by atoms with Crippen molar-refractivity contribution in [3.05, 3.63) is 66.5 Å². The van der Waals surface area contributed by atoms with E-state index in [0.29, 0.717) is 37.7 Å². The van der Waals surface area contributed by atoms with Gasteiger partial charge in [-0.1, -0.05) is 17.7 Å². The van der Waals surface area contributed by atoms with Gasteiger partial charge in [0.1, 0.15) is 5.75 Å². The molecule has 30 heavy (non-hydrogen) atoms. The second-order valence-corrected chi connectivity index (χ2v) is 7.11. The molecule has 0 aliphatic carbocycles. The van der Waals surface area contributed by atoms with Crippen LogP contribution < -0.4 is 15.0 Å². The summed E-state index contributed by atoms with van der Waals surface area (Å²) in [5, 5.41) is 11.8. The number of nitrogens with one attached hydrogen (secondary N) is 1. The van der Waals surface area contributed by atoms with Gasteiger partial charge in [-0.05, 0) is 43.3 Å². The topological polar surface area (TPSA) is 83.5 Å². The fourth-order valence-electron chi connectivity index (χ4n) is 3.20. The van der Waals surface area contributed by atoms with Crippen molar-refractivity contribution in [1.82, 2.24) is 20.1 Å². The van der Waals surface area contributed by atoms with Gasteiger partial charge in [0, 0.05) is 44.3 Å². The van der Waals surface area contributed by atoms with E-state index in [2.05, 4.69) is 25.4 Å². The van der Waals surface area contributed by atoms with E-state index in [9.17, 15) is 4.79 Å². The molecule has 8 nitrogen and oxygen atoms in total. The van der Waals surface area contributed by atoms with Crippen molar-refractivity contribution in [2.24, 2.45) is 0 Å². The van der Waals surface area contributed by atoms with E-state index in [-0.39, 0.29) is 12.5 Å². The maximum Gasteiger partial charge on any atom is 0.260 e. The molecule has 0 saturated carbocycles. The third-order valence-electron chi connectivity index (χ3n) is 4.94. The normalized spacial score (nSPS) is 13.8. The van der Waals surface area contributed by atoms with Crippen LogP contribution in [0.3, 0.4) is 0 Å². The van der Waals surface area contributed by atoms with Crippen molar-refractivity contribution in [2.45, 2.75) is 6.92 Å². The number of rotatable bonds is 6. The number of anilines is 3. The van der Waals surface area contributed by atoms with Crippen molar-refractivity contribution < 1.29 is 9.53 Å². The van der Waals surface area contributed by atoms with Gasteiger partial charge in [0.2, 0.25) is 0 Å². The molecule has 0 atom stereocenters. The summed E-state index contributed by atoms with van der Waals surface area (Å²) < 4.78 is 5.61. The minimum atomic E-state index is -0.00166. The number of carbonyl (C=O) groups is 1. The number of ether oxygens (including phenoxy) is 1. The van der Waals surface area contributed by atoms with Crippen molar-refractivity contribution in [3.63, 3.8) is 0 Å². The smallest absolute Gasteiger partial charge is 0.260 e. The number of aromatic nitrogens is 3. The van der Waals surface area contributed by atoms with Crippen LogP contribution in [0.2, 0.25) is 0 Å². The minimum absolute atomic E-state index is 0.00166. The molecular formula is C22H24N6O2. The Morgan fingerprint density at radius 2 is 1.70 bits per heavy atom. The van der Waals surface area contributed by atoms with Gasteiger partial charge >= 0.3 is 0 Å². The number of hydrogen-bond acceptors (Lipinski definition) is 7. The van der Waals surface area contributed by atoms with E-state index in [1.807, 2.05) is 60.4 Å². The quantitative estimate of drug-likeness (QED) is 0.676. The lowest BCUT2D eigenvalue weighted by Gasteiger charge is -2.35. The molecule has 1 aromatic carbocycles. The Morgan fingerprint density at radius 1 is 0.967 bits per heavy atom. The number of aryl methyl sites for hydroxylation is 1. The van der Waals surface area contributed by atoms with Crippen LogP contribution in [0.25, 0.3) is 0 Å². The largest absolute Gasteiger partial charge is 0.484 e. The van der Waals surface area contributed by atoms with Gasteiger partial charge in [-0.3, -0.25) is 9.78 Å². The molecule has 4 rings (SSSR count). The highest BCUT2D eigenvalue weighted by atomic mass is 16.5. The zero-order valence-electron chi connectivity index (χ0n) is 16.9. The maximum absolute atomic E-state index is 12.4. The summed E-state index contributed by atoms with van der Waals surface area (Å²) in [5.41, 5.74) is 2.07. The van der Waals surface area contributed by atoms with Crippen LogP contribution in [0, 0.1) is 6.92 Å². The summed E-state index contributed by atoms with van der Waals surface area (Å²) in [6, 6.07) is 15.3. The molecule has 0 radical (unpaired) electrons. The highest BCUT2D eigenvalue weighted by molar-refractivity contribution is 5.78. The summed E-state index contributed by atoms with van der Waals surface area (Å²) in [6.07, 6.45) is 3.44. The number of carbonyl (C=O) groups excluding carboxylic acids is 1. The van der Waals surface area contributed by atoms with Gasteiger partial charge in [0.25, 0.3) is 5.91 Å². The Labute approximate surface area is 175 Å². The van der Waals surface area contributed by atoms with E-state index >= 15 is 0 Å². The summed E-state index contributed by atoms with van der Waals surface area (Å²) in [6.45, 7) is 4.76. The molecule has 1 aliphatic rings. The van der Waals surface area contributed by atoms with Crippen LogP contribution in [-0.4, -0.2) is 58.8 Å². The molecule has 154 valence electrons. The number of benzene rings is 1. The number of amides is 1. The van der Waals surface area contributed by atoms with E-state index in [1.165, 1.54) is 0 Å². The van der Waals surface area contributed by atoms with Crippen molar-refractivity contribution in [2.75, 3.05) is 43.0 Å². The van der Waals surface area contributed by atoms with Gasteiger partial charge in [-0.15, -0.1) is 10.2 Å². The molecule has 0 spiro atoms. The average Bonchev–Trinajstić information content (AvgIpc) is 2.80. The zero-order valence-corrected chi connectivity index (χ0v) is 16.9. The summed E-state index contributed by atoms with van der Waals surface area (Å²) in [5.74, 6) is 2.19. The Balaban J connectivity index is 1.25. The molecule has 0 bridgehead atoms. The standard InChI is InChI=1S/C22H24N6O2/c1-17-2-4-19(5-3-17)30-16-22(29)28-14-12-27(13-15-28)21-7-6-20(25-26-21)24-18-8-10-23-11-9-18/h2-11H,12-16H2,1H3,(H,23,24,25). The molecule has 2 aromatic heterocycles. The lowest BCUT2D eigenvalue weighted by atomic mass is 10.2. The van der Waals surface area contributed by atoms with Crippen molar-refractivity contribution in [1.29, 1.82) is 0 Å².